The highest BCUT2D eigenvalue weighted by Gasteiger charge is 2.41. The Bertz CT molecular complexity index is 1040. The van der Waals surface area contributed by atoms with Crippen LogP contribution in [0.4, 0.5) is 13.2 Å². The van der Waals surface area contributed by atoms with E-state index in [9.17, 15) is 33.1 Å². The summed E-state index contributed by atoms with van der Waals surface area (Å²) in [6.45, 7) is -0.712. The van der Waals surface area contributed by atoms with E-state index in [2.05, 4.69) is 10.3 Å². The number of carboxylic acids is 1. The van der Waals surface area contributed by atoms with Crippen LogP contribution in [0.5, 0.6) is 0 Å². The number of thioether (sulfide) groups is 1. The first kappa shape index (κ1) is 22.6. The van der Waals surface area contributed by atoms with Crippen molar-refractivity contribution >= 4 is 23.6 Å². The van der Waals surface area contributed by atoms with E-state index < -0.39 is 35.7 Å². The average molecular weight is 448 g/mol. The van der Waals surface area contributed by atoms with Crippen molar-refractivity contribution in [1.29, 1.82) is 5.26 Å². The van der Waals surface area contributed by atoms with Gasteiger partial charge in [-0.05, 0) is 36.3 Å². The van der Waals surface area contributed by atoms with Crippen molar-refractivity contribution in [2.75, 3.05) is 12.3 Å². The summed E-state index contributed by atoms with van der Waals surface area (Å²) in [5.74, 6) is -2.69. The van der Waals surface area contributed by atoms with Crippen LogP contribution in [0.3, 0.4) is 0 Å². The molecule has 1 aromatic carbocycles. The molecular weight excluding hydrogens is 431 g/mol. The molecule has 1 aliphatic rings. The number of pyridine rings is 1. The fourth-order valence-corrected chi connectivity index (χ4v) is 4.46. The number of nitrogens with one attached hydrogen (secondary N) is 1. The van der Waals surface area contributed by atoms with Crippen LogP contribution in [0.15, 0.2) is 35.4 Å². The van der Waals surface area contributed by atoms with Gasteiger partial charge in [-0.2, -0.15) is 18.4 Å². The third-order valence-electron chi connectivity index (χ3n) is 4.97. The monoisotopic (exact) mass is 448 g/mol. The molecular formula is C21H17F3N3O3S-. The number of carbonyl (C=O) groups is 2. The third kappa shape index (κ3) is 5.35. The van der Waals surface area contributed by atoms with Gasteiger partial charge in [-0.3, -0.25) is 4.79 Å². The molecule has 1 N–H and O–H groups in total. The van der Waals surface area contributed by atoms with Crippen molar-refractivity contribution in [3.63, 3.8) is 0 Å². The molecule has 162 valence electrons. The lowest BCUT2D eigenvalue weighted by atomic mass is 9.79. The standard InChI is InChI=1S/C21H18F3N3O3S/c22-21(23,24)19-14-8-13(12-4-2-1-3-5-12)6-7-16(14)27-20(15(19)9-25)31-11-17(28)26-10-18(29)30/h1-5,13H,6-8,10-11H2,(H,26,28)(H,29,30)/p-1/t13-/m1/s1. The number of carbonyl (C=O) groups excluding carboxylic acids is 2. The molecule has 1 atom stereocenters. The van der Waals surface area contributed by atoms with Crippen LogP contribution in [0.2, 0.25) is 0 Å². The van der Waals surface area contributed by atoms with E-state index in [1.807, 2.05) is 30.3 Å². The summed E-state index contributed by atoms with van der Waals surface area (Å²) < 4.78 is 42.0. The number of alkyl halides is 3. The quantitative estimate of drug-likeness (QED) is 0.680. The highest BCUT2D eigenvalue weighted by molar-refractivity contribution is 8.00. The summed E-state index contributed by atoms with van der Waals surface area (Å²) in [4.78, 5) is 26.4. The topological polar surface area (TPSA) is 106 Å². The van der Waals surface area contributed by atoms with Gasteiger partial charge < -0.3 is 15.2 Å². The molecule has 3 rings (SSSR count). The van der Waals surface area contributed by atoms with Gasteiger partial charge in [0.1, 0.15) is 11.1 Å². The van der Waals surface area contributed by atoms with Crippen LogP contribution >= 0.6 is 11.8 Å². The van der Waals surface area contributed by atoms with Crippen molar-refractivity contribution in [2.45, 2.75) is 36.4 Å². The number of hydrogen-bond donors (Lipinski definition) is 1. The van der Waals surface area contributed by atoms with E-state index in [0.717, 1.165) is 5.56 Å². The molecule has 31 heavy (non-hydrogen) atoms. The van der Waals surface area contributed by atoms with Gasteiger partial charge in [-0.1, -0.05) is 42.1 Å². The van der Waals surface area contributed by atoms with Gasteiger partial charge in [0, 0.05) is 5.69 Å². The molecule has 0 spiro atoms. The molecule has 1 heterocycles. The first-order valence-electron chi connectivity index (χ1n) is 9.38. The molecule has 6 nitrogen and oxygen atoms in total. The van der Waals surface area contributed by atoms with Gasteiger partial charge >= 0.3 is 6.18 Å². The molecule has 0 saturated carbocycles. The Labute approximate surface area is 180 Å². The molecule has 1 aliphatic carbocycles. The van der Waals surface area contributed by atoms with Gasteiger partial charge in [0.25, 0.3) is 0 Å². The van der Waals surface area contributed by atoms with Crippen molar-refractivity contribution in [2.24, 2.45) is 0 Å². The Balaban J connectivity index is 1.95. The van der Waals surface area contributed by atoms with E-state index in [-0.39, 0.29) is 34.4 Å². The third-order valence-corrected chi connectivity index (χ3v) is 5.94. The van der Waals surface area contributed by atoms with E-state index in [0.29, 0.717) is 24.6 Å². The molecule has 0 aliphatic heterocycles. The zero-order valence-electron chi connectivity index (χ0n) is 16.2. The van der Waals surface area contributed by atoms with Gasteiger partial charge in [0.2, 0.25) is 5.91 Å². The Morgan fingerprint density at radius 2 is 2.00 bits per heavy atom. The largest absolute Gasteiger partial charge is 0.548 e. The molecule has 0 radical (unpaired) electrons. The van der Waals surface area contributed by atoms with Gasteiger partial charge in [-0.15, -0.1) is 0 Å². The normalized spacial score (nSPS) is 15.6. The van der Waals surface area contributed by atoms with E-state index in [4.69, 9.17) is 0 Å². The zero-order valence-corrected chi connectivity index (χ0v) is 17.0. The van der Waals surface area contributed by atoms with Crippen LogP contribution in [0.1, 0.15) is 40.3 Å². The summed E-state index contributed by atoms with van der Waals surface area (Å²) in [5.41, 5.74) is -0.384. The second kappa shape index (κ2) is 9.39. The maximum atomic E-state index is 14.0. The molecule has 0 saturated heterocycles. The molecule has 0 bridgehead atoms. The number of aromatic nitrogens is 1. The number of carboxylic acid groups (broad SMARTS) is 1. The van der Waals surface area contributed by atoms with Crippen LogP contribution < -0.4 is 10.4 Å². The van der Waals surface area contributed by atoms with Crippen LogP contribution in [0, 0.1) is 11.3 Å². The number of rotatable bonds is 6. The van der Waals surface area contributed by atoms with Crippen LogP contribution in [-0.4, -0.2) is 29.2 Å². The van der Waals surface area contributed by atoms with Crippen LogP contribution in [0.25, 0.3) is 0 Å². The number of aryl methyl sites for hydroxylation is 1. The fraction of sp³-hybridized carbons (Fsp3) is 0.333. The summed E-state index contributed by atoms with van der Waals surface area (Å²) in [6, 6.07) is 10.9. The number of fused-ring (bicyclic) bond motifs is 1. The fourth-order valence-electron chi connectivity index (χ4n) is 3.62. The SMILES string of the molecule is N#Cc1c(SCC(=O)NCC(=O)[O-])nc2c(c1C(F)(F)F)C[C@H](c1ccccc1)CC2. The van der Waals surface area contributed by atoms with Crippen molar-refractivity contribution in [3.8, 4) is 6.07 Å². The Hall–Kier alpha value is -3.06. The molecule has 10 heteroatoms. The lowest BCUT2D eigenvalue weighted by Crippen LogP contribution is -2.38. The molecule has 2 aromatic rings. The Morgan fingerprint density at radius 1 is 1.29 bits per heavy atom. The Morgan fingerprint density at radius 3 is 2.61 bits per heavy atom. The first-order valence-corrected chi connectivity index (χ1v) is 10.4. The van der Waals surface area contributed by atoms with E-state index >= 15 is 0 Å². The molecule has 0 unspecified atom stereocenters. The Kier molecular flexibility index (Phi) is 6.85. The molecule has 1 amide bonds. The lowest BCUT2D eigenvalue weighted by molar-refractivity contribution is -0.304. The molecule has 0 fully saturated rings. The summed E-state index contributed by atoms with van der Waals surface area (Å²) in [7, 11) is 0. The minimum absolute atomic E-state index is 0.0231. The number of benzene rings is 1. The van der Waals surface area contributed by atoms with Gasteiger partial charge in [-0.25, -0.2) is 4.98 Å². The predicted molar refractivity (Wildman–Crippen MR) is 104 cm³/mol. The molecule has 1 aromatic heterocycles. The smallest absolute Gasteiger partial charge is 0.418 e. The van der Waals surface area contributed by atoms with Crippen LogP contribution in [-0.2, 0) is 28.6 Å². The summed E-state index contributed by atoms with van der Waals surface area (Å²) in [5, 5.41) is 21.8. The van der Waals surface area contributed by atoms with Crippen molar-refractivity contribution in [1.82, 2.24) is 10.3 Å². The highest BCUT2D eigenvalue weighted by Crippen LogP contribution is 2.43. The number of halogens is 3. The minimum Gasteiger partial charge on any atom is -0.548 e. The number of hydrogen-bond acceptors (Lipinski definition) is 6. The highest BCUT2D eigenvalue weighted by atomic mass is 32.2. The summed E-state index contributed by atoms with van der Waals surface area (Å²) >= 11 is 0.673. The van der Waals surface area contributed by atoms with E-state index in [1.165, 1.54) is 0 Å². The number of amides is 1. The minimum atomic E-state index is -4.76. The second-order valence-electron chi connectivity index (χ2n) is 6.99. The average Bonchev–Trinajstić information content (AvgIpc) is 2.74. The van der Waals surface area contributed by atoms with E-state index in [1.54, 1.807) is 6.07 Å². The maximum Gasteiger partial charge on any atom is 0.418 e. The predicted octanol–water partition coefficient (Wildman–Crippen LogP) is 2.20. The zero-order chi connectivity index (χ0) is 22.6. The number of nitrogens with zero attached hydrogens (tertiary/aromatic N) is 2. The van der Waals surface area contributed by atoms with Gasteiger partial charge in [0.15, 0.2) is 0 Å². The number of aliphatic carboxylic acids is 1. The number of nitriles is 1. The maximum absolute atomic E-state index is 14.0. The summed E-state index contributed by atoms with van der Waals surface area (Å²) in [6.07, 6.45) is -3.71. The second-order valence-corrected chi connectivity index (χ2v) is 7.95. The van der Waals surface area contributed by atoms with Crippen molar-refractivity contribution < 1.29 is 27.9 Å². The van der Waals surface area contributed by atoms with Gasteiger partial charge in [0.05, 0.1) is 29.4 Å². The van der Waals surface area contributed by atoms with Crippen molar-refractivity contribution in [3.05, 3.63) is 58.3 Å². The first-order chi connectivity index (χ1) is 14.7. The lowest BCUT2D eigenvalue weighted by Gasteiger charge is -2.28.